The third kappa shape index (κ3) is 3.96. The van der Waals surface area contributed by atoms with Crippen molar-refractivity contribution in [1.29, 1.82) is 0 Å². The molecule has 1 unspecified atom stereocenters. The Morgan fingerprint density at radius 1 is 1.45 bits per heavy atom. The molecule has 0 aromatic heterocycles. The molecule has 6 nitrogen and oxygen atoms in total. The number of para-hydroxylation sites is 1. The van der Waals surface area contributed by atoms with E-state index in [0.29, 0.717) is 31.7 Å². The number of rotatable bonds is 5. The van der Waals surface area contributed by atoms with Crippen molar-refractivity contribution in [2.75, 3.05) is 13.2 Å². The van der Waals surface area contributed by atoms with E-state index in [-0.39, 0.29) is 24.5 Å². The Morgan fingerprint density at radius 3 is 2.95 bits per heavy atom. The lowest BCUT2D eigenvalue weighted by atomic mass is 10.1. The Labute approximate surface area is 117 Å². The second kappa shape index (κ2) is 6.91. The van der Waals surface area contributed by atoms with Crippen LogP contribution in [0, 0.1) is 0 Å². The number of piperidine rings is 1. The van der Waals surface area contributed by atoms with E-state index in [4.69, 9.17) is 10.5 Å². The summed E-state index contributed by atoms with van der Waals surface area (Å²) in [4.78, 5) is 22.8. The highest BCUT2D eigenvalue weighted by atomic mass is 16.5. The monoisotopic (exact) mass is 277 g/mol. The molecule has 1 saturated heterocycles. The number of nitrogens with two attached hydrogens (primary N) is 1. The SMILES string of the molecule is NCc1ccccc1OCC(=O)NC1CCC(=O)NC1. The fourth-order valence-electron chi connectivity index (χ4n) is 2.08. The van der Waals surface area contributed by atoms with Crippen LogP contribution in [0.4, 0.5) is 0 Å². The third-order valence-corrected chi connectivity index (χ3v) is 3.18. The van der Waals surface area contributed by atoms with Crippen molar-refractivity contribution in [1.82, 2.24) is 10.6 Å². The Balaban J connectivity index is 1.79. The highest BCUT2D eigenvalue weighted by molar-refractivity contribution is 5.79. The van der Waals surface area contributed by atoms with E-state index in [1.165, 1.54) is 0 Å². The average molecular weight is 277 g/mol. The van der Waals surface area contributed by atoms with Crippen LogP contribution in [-0.4, -0.2) is 31.0 Å². The van der Waals surface area contributed by atoms with Gasteiger partial charge in [-0.25, -0.2) is 0 Å². The van der Waals surface area contributed by atoms with Crippen molar-refractivity contribution in [3.63, 3.8) is 0 Å². The van der Waals surface area contributed by atoms with Crippen LogP contribution in [0.15, 0.2) is 24.3 Å². The van der Waals surface area contributed by atoms with E-state index in [9.17, 15) is 9.59 Å². The number of hydrogen-bond donors (Lipinski definition) is 3. The molecule has 6 heteroatoms. The second-order valence-electron chi connectivity index (χ2n) is 4.71. The van der Waals surface area contributed by atoms with E-state index in [1.54, 1.807) is 6.07 Å². The minimum absolute atomic E-state index is 0.0199. The van der Waals surface area contributed by atoms with Crippen LogP contribution in [0.5, 0.6) is 5.75 Å². The molecule has 20 heavy (non-hydrogen) atoms. The largest absolute Gasteiger partial charge is 0.483 e. The maximum atomic E-state index is 11.8. The minimum atomic E-state index is -0.196. The van der Waals surface area contributed by atoms with E-state index in [0.717, 1.165) is 5.56 Å². The summed E-state index contributed by atoms with van der Waals surface area (Å²) in [6, 6.07) is 7.34. The zero-order valence-corrected chi connectivity index (χ0v) is 11.2. The van der Waals surface area contributed by atoms with Gasteiger partial charge < -0.3 is 21.1 Å². The van der Waals surface area contributed by atoms with Crippen LogP contribution in [0.25, 0.3) is 0 Å². The molecule has 1 aromatic rings. The highest BCUT2D eigenvalue weighted by Crippen LogP contribution is 2.16. The predicted octanol–water partition coefficient (Wildman–Crippen LogP) is -0.0811. The van der Waals surface area contributed by atoms with Crippen LogP contribution in [0.1, 0.15) is 18.4 Å². The summed E-state index contributed by atoms with van der Waals surface area (Å²) in [5.74, 6) is 0.462. The van der Waals surface area contributed by atoms with Crippen molar-refractivity contribution < 1.29 is 14.3 Å². The summed E-state index contributed by atoms with van der Waals surface area (Å²) in [5.41, 5.74) is 6.46. The van der Waals surface area contributed by atoms with E-state index in [2.05, 4.69) is 10.6 Å². The van der Waals surface area contributed by atoms with Gasteiger partial charge in [0.15, 0.2) is 6.61 Å². The average Bonchev–Trinajstić information content (AvgIpc) is 2.48. The maximum Gasteiger partial charge on any atom is 0.258 e. The molecule has 4 N–H and O–H groups in total. The zero-order chi connectivity index (χ0) is 14.4. The van der Waals surface area contributed by atoms with Gasteiger partial charge in [0, 0.05) is 31.1 Å². The fraction of sp³-hybridized carbons (Fsp3) is 0.429. The van der Waals surface area contributed by atoms with Crippen molar-refractivity contribution in [2.24, 2.45) is 5.73 Å². The first-order valence-corrected chi connectivity index (χ1v) is 6.66. The van der Waals surface area contributed by atoms with Crippen molar-refractivity contribution in [3.8, 4) is 5.75 Å². The van der Waals surface area contributed by atoms with Gasteiger partial charge in [0.25, 0.3) is 5.91 Å². The van der Waals surface area contributed by atoms with Crippen LogP contribution < -0.4 is 21.1 Å². The molecule has 0 aliphatic carbocycles. The number of benzene rings is 1. The number of hydrogen-bond acceptors (Lipinski definition) is 4. The number of nitrogens with one attached hydrogen (secondary N) is 2. The summed E-state index contributed by atoms with van der Waals surface area (Å²) in [6.45, 7) is 0.790. The van der Waals surface area contributed by atoms with Crippen LogP contribution >= 0.6 is 0 Å². The molecular weight excluding hydrogens is 258 g/mol. The van der Waals surface area contributed by atoms with Crippen LogP contribution in [0.3, 0.4) is 0 Å². The molecule has 1 aromatic carbocycles. The molecule has 0 bridgehead atoms. The van der Waals surface area contributed by atoms with Gasteiger partial charge in [-0.15, -0.1) is 0 Å². The fourth-order valence-corrected chi connectivity index (χ4v) is 2.08. The van der Waals surface area contributed by atoms with Crippen LogP contribution in [0.2, 0.25) is 0 Å². The summed E-state index contributed by atoms with van der Waals surface area (Å²) in [7, 11) is 0. The normalized spacial score (nSPS) is 18.2. The highest BCUT2D eigenvalue weighted by Gasteiger charge is 2.19. The van der Waals surface area contributed by atoms with Gasteiger partial charge in [-0.05, 0) is 12.5 Å². The van der Waals surface area contributed by atoms with Gasteiger partial charge in [-0.2, -0.15) is 0 Å². The minimum Gasteiger partial charge on any atom is -0.483 e. The molecule has 1 aliphatic rings. The summed E-state index contributed by atoms with van der Waals surface area (Å²) in [5, 5.41) is 5.56. The van der Waals surface area contributed by atoms with Gasteiger partial charge in [0.1, 0.15) is 5.75 Å². The summed E-state index contributed by atoms with van der Waals surface area (Å²) >= 11 is 0. The molecule has 2 rings (SSSR count). The molecule has 1 heterocycles. The molecule has 1 fully saturated rings. The summed E-state index contributed by atoms with van der Waals surface area (Å²) in [6.07, 6.45) is 1.11. The van der Waals surface area contributed by atoms with Gasteiger partial charge in [0.2, 0.25) is 5.91 Å². The lowest BCUT2D eigenvalue weighted by molar-refractivity contribution is -0.126. The predicted molar refractivity (Wildman–Crippen MR) is 74.0 cm³/mol. The quantitative estimate of drug-likeness (QED) is 0.701. The maximum absolute atomic E-state index is 11.8. The van der Waals surface area contributed by atoms with Crippen molar-refractivity contribution in [3.05, 3.63) is 29.8 Å². The van der Waals surface area contributed by atoms with Crippen LogP contribution in [-0.2, 0) is 16.1 Å². The first-order valence-electron chi connectivity index (χ1n) is 6.66. The van der Waals surface area contributed by atoms with Gasteiger partial charge in [-0.1, -0.05) is 18.2 Å². The standard InChI is InChI=1S/C14H19N3O3/c15-7-10-3-1-2-4-12(10)20-9-14(19)17-11-5-6-13(18)16-8-11/h1-4,11H,5-9,15H2,(H,16,18)(H,17,19). The Hall–Kier alpha value is -2.08. The van der Waals surface area contributed by atoms with Gasteiger partial charge in [-0.3, -0.25) is 9.59 Å². The van der Waals surface area contributed by atoms with E-state index < -0.39 is 0 Å². The van der Waals surface area contributed by atoms with Crippen molar-refractivity contribution >= 4 is 11.8 Å². The van der Waals surface area contributed by atoms with Gasteiger partial charge >= 0.3 is 0 Å². The number of carbonyl (C=O) groups excluding carboxylic acids is 2. The topological polar surface area (TPSA) is 93.4 Å². The first-order chi connectivity index (χ1) is 9.69. The molecule has 0 radical (unpaired) electrons. The molecule has 1 atom stereocenters. The molecule has 1 aliphatic heterocycles. The lowest BCUT2D eigenvalue weighted by Crippen LogP contribution is -2.48. The molecule has 0 spiro atoms. The number of carbonyl (C=O) groups is 2. The van der Waals surface area contributed by atoms with E-state index >= 15 is 0 Å². The molecule has 2 amide bonds. The number of amides is 2. The Kier molecular flexibility index (Phi) is 4.95. The second-order valence-corrected chi connectivity index (χ2v) is 4.71. The van der Waals surface area contributed by atoms with Gasteiger partial charge in [0.05, 0.1) is 0 Å². The molecule has 0 saturated carbocycles. The Morgan fingerprint density at radius 2 is 2.25 bits per heavy atom. The van der Waals surface area contributed by atoms with Crippen molar-refractivity contribution in [2.45, 2.75) is 25.4 Å². The van der Waals surface area contributed by atoms with E-state index in [1.807, 2.05) is 18.2 Å². The number of ether oxygens (including phenoxy) is 1. The third-order valence-electron chi connectivity index (χ3n) is 3.18. The molecular formula is C14H19N3O3. The lowest BCUT2D eigenvalue weighted by Gasteiger charge is -2.23. The first kappa shape index (κ1) is 14.3. The Bertz CT molecular complexity index is 480. The summed E-state index contributed by atoms with van der Waals surface area (Å²) < 4.78 is 5.47. The smallest absolute Gasteiger partial charge is 0.258 e. The zero-order valence-electron chi connectivity index (χ0n) is 11.2. The molecule has 108 valence electrons.